The van der Waals surface area contributed by atoms with Crippen molar-refractivity contribution in [2.24, 2.45) is 0 Å². The second kappa shape index (κ2) is 5.16. The van der Waals surface area contributed by atoms with Crippen LogP contribution in [0.1, 0.15) is 26.5 Å². The average Bonchev–Trinajstić information content (AvgIpc) is 2.16. The monoisotopic (exact) mass is 224 g/mol. The molecule has 1 aromatic rings. The van der Waals surface area contributed by atoms with Gasteiger partial charge in [-0.3, -0.25) is 0 Å². The minimum Gasteiger partial charge on any atom is -0.474 e. The summed E-state index contributed by atoms with van der Waals surface area (Å²) in [4.78, 5) is 4.20. The Hall–Kier alpha value is -1.29. The van der Waals surface area contributed by atoms with E-state index in [1.165, 1.54) is 0 Å². The standard InChI is InChI=1S/C12H20N2O2/c1-9-5-6-10(13)11(14-9)15-7-8-16-12(2,3)4/h5-6H,7-8,13H2,1-4H3. The van der Waals surface area contributed by atoms with Gasteiger partial charge in [-0.15, -0.1) is 0 Å². The lowest BCUT2D eigenvalue weighted by Gasteiger charge is -2.19. The molecule has 0 bridgehead atoms. The Bertz CT molecular complexity index is 345. The molecule has 0 aromatic carbocycles. The highest BCUT2D eigenvalue weighted by Gasteiger charge is 2.09. The highest BCUT2D eigenvalue weighted by atomic mass is 16.5. The van der Waals surface area contributed by atoms with Crippen LogP contribution in [0, 0.1) is 6.92 Å². The van der Waals surface area contributed by atoms with Crippen molar-refractivity contribution in [2.75, 3.05) is 18.9 Å². The molecule has 0 fully saturated rings. The van der Waals surface area contributed by atoms with Gasteiger partial charge in [0, 0.05) is 5.69 Å². The van der Waals surface area contributed by atoms with Crippen molar-refractivity contribution in [3.05, 3.63) is 17.8 Å². The van der Waals surface area contributed by atoms with E-state index in [1.54, 1.807) is 6.07 Å². The molecule has 0 radical (unpaired) electrons. The van der Waals surface area contributed by atoms with Gasteiger partial charge in [0.2, 0.25) is 5.88 Å². The van der Waals surface area contributed by atoms with Gasteiger partial charge in [-0.25, -0.2) is 4.98 Å². The second-order valence-electron chi connectivity index (χ2n) is 4.66. The van der Waals surface area contributed by atoms with Crippen molar-refractivity contribution in [3.63, 3.8) is 0 Å². The highest BCUT2D eigenvalue weighted by Crippen LogP contribution is 2.18. The molecule has 0 unspecified atom stereocenters. The van der Waals surface area contributed by atoms with E-state index in [1.807, 2.05) is 33.8 Å². The fraction of sp³-hybridized carbons (Fsp3) is 0.583. The molecule has 1 aromatic heterocycles. The third-order valence-corrected chi connectivity index (χ3v) is 1.89. The topological polar surface area (TPSA) is 57.4 Å². The lowest BCUT2D eigenvalue weighted by atomic mass is 10.2. The molecule has 4 heteroatoms. The number of hydrogen-bond donors (Lipinski definition) is 1. The van der Waals surface area contributed by atoms with E-state index in [0.717, 1.165) is 5.69 Å². The van der Waals surface area contributed by atoms with Crippen molar-refractivity contribution in [1.82, 2.24) is 4.98 Å². The van der Waals surface area contributed by atoms with Gasteiger partial charge in [0.1, 0.15) is 6.61 Å². The zero-order valence-electron chi connectivity index (χ0n) is 10.4. The Morgan fingerprint density at radius 3 is 2.56 bits per heavy atom. The zero-order chi connectivity index (χ0) is 12.2. The molecule has 0 aliphatic carbocycles. The van der Waals surface area contributed by atoms with Crippen molar-refractivity contribution < 1.29 is 9.47 Å². The maximum absolute atomic E-state index is 5.73. The van der Waals surface area contributed by atoms with Gasteiger partial charge in [0.15, 0.2) is 0 Å². The number of nitrogen functional groups attached to an aromatic ring is 1. The van der Waals surface area contributed by atoms with Crippen molar-refractivity contribution >= 4 is 5.69 Å². The maximum Gasteiger partial charge on any atom is 0.237 e. The molecule has 0 aliphatic rings. The maximum atomic E-state index is 5.73. The number of nitrogens with zero attached hydrogens (tertiary/aromatic N) is 1. The average molecular weight is 224 g/mol. The van der Waals surface area contributed by atoms with Gasteiger partial charge in [-0.2, -0.15) is 0 Å². The SMILES string of the molecule is Cc1ccc(N)c(OCCOC(C)(C)C)n1. The van der Waals surface area contributed by atoms with E-state index in [2.05, 4.69) is 4.98 Å². The normalized spacial score (nSPS) is 11.5. The molecule has 90 valence electrons. The molecule has 16 heavy (non-hydrogen) atoms. The minimum atomic E-state index is -0.144. The van der Waals surface area contributed by atoms with Crippen molar-refractivity contribution in [3.8, 4) is 5.88 Å². The summed E-state index contributed by atoms with van der Waals surface area (Å²) >= 11 is 0. The highest BCUT2D eigenvalue weighted by molar-refractivity contribution is 5.48. The first-order chi connectivity index (χ1) is 7.38. The van der Waals surface area contributed by atoms with E-state index in [9.17, 15) is 0 Å². The molecular weight excluding hydrogens is 204 g/mol. The lowest BCUT2D eigenvalue weighted by molar-refractivity contribution is -0.0167. The summed E-state index contributed by atoms with van der Waals surface area (Å²) in [6, 6.07) is 3.65. The summed E-state index contributed by atoms with van der Waals surface area (Å²) < 4.78 is 11.0. The first kappa shape index (κ1) is 12.8. The van der Waals surface area contributed by atoms with Gasteiger partial charge >= 0.3 is 0 Å². The number of rotatable bonds is 4. The van der Waals surface area contributed by atoms with Crippen LogP contribution in [-0.2, 0) is 4.74 Å². The smallest absolute Gasteiger partial charge is 0.237 e. The molecule has 1 heterocycles. The van der Waals surface area contributed by atoms with Crippen LogP contribution >= 0.6 is 0 Å². The molecule has 0 amide bonds. The first-order valence-corrected chi connectivity index (χ1v) is 5.38. The largest absolute Gasteiger partial charge is 0.474 e. The number of ether oxygens (including phenoxy) is 2. The molecular formula is C12H20N2O2. The molecule has 0 saturated heterocycles. The number of aryl methyl sites for hydroxylation is 1. The molecule has 0 saturated carbocycles. The van der Waals surface area contributed by atoms with Crippen LogP contribution in [0.3, 0.4) is 0 Å². The van der Waals surface area contributed by atoms with Crippen LogP contribution in [0.25, 0.3) is 0 Å². The van der Waals surface area contributed by atoms with Crippen LogP contribution in [0.15, 0.2) is 12.1 Å². The van der Waals surface area contributed by atoms with E-state index < -0.39 is 0 Å². The summed E-state index contributed by atoms with van der Waals surface area (Å²) in [6.45, 7) is 8.90. The zero-order valence-corrected chi connectivity index (χ0v) is 10.4. The van der Waals surface area contributed by atoms with Gasteiger partial charge in [0.25, 0.3) is 0 Å². The number of pyridine rings is 1. The van der Waals surface area contributed by atoms with Crippen LogP contribution < -0.4 is 10.5 Å². The Morgan fingerprint density at radius 2 is 1.94 bits per heavy atom. The van der Waals surface area contributed by atoms with Crippen LogP contribution in [0.5, 0.6) is 5.88 Å². The summed E-state index contributed by atoms with van der Waals surface area (Å²) in [5.74, 6) is 0.484. The first-order valence-electron chi connectivity index (χ1n) is 5.38. The van der Waals surface area contributed by atoms with Crippen LogP contribution in [-0.4, -0.2) is 23.8 Å². The summed E-state index contributed by atoms with van der Waals surface area (Å²) in [6.07, 6.45) is 0. The summed E-state index contributed by atoms with van der Waals surface area (Å²) in [5.41, 5.74) is 7.03. The third-order valence-electron chi connectivity index (χ3n) is 1.89. The van der Waals surface area contributed by atoms with Gasteiger partial charge in [-0.1, -0.05) is 0 Å². The number of aromatic nitrogens is 1. The third kappa shape index (κ3) is 4.49. The quantitative estimate of drug-likeness (QED) is 0.796. The molecule has 0 atom stereocenters. The van der Waals surface area contributed by atoms with Crippen LogP contribution in [0.4, 0.5) is 5.69 Å². The van der Waals surface area contributed by atoms with Crippen molar-refractivity contribution in [1.29, 1.82) is 0 Å². The Balaban J connectivity index is 2.40. The molecule has 0 aliphatic heterocycles. The number of hydrogen-bond acceptors (Lipinski definition) is 4. The van der Waals surface area contributed by atoms with Gasteiger partial charge in [0.05, 0.1) is 17.9 Å². The molecule has 4 nitrogen and oxygen atoms in total. The number of nitrogens with two attached hydrogens (primary N) is 1. The second-order valence-corrected chi connectivity index (χ2v) is 4.66. The van der Waals surface area contributed by atoms with E-state index in [0.29, 0.717) is 24.8 Å². The molecule has 0 spiro atoms. The van der Waals surface area contributed by atoms with Gasteiger partial charge < -0.3 is 15.2 Å². The van der Waals surface area contributed by atoms with E-state index in [4.69, 9.17) is 15.2 Å². The fourth-order valence-corrected chi connectivity index (χ4v) is 1.15. The van der Waals surface area contributed by atoms with Crippen molar-refractivity contribution in [2.45, 2.75) is 33.3 Å². The van der Waals surface area contributed by atoms with E-state index >= 15 is 0 Å². The van der Waals surface area contributed by atoms with Crippen LogP contribution in [0.2, 0.25) is 0 Å². The summed E-state index contributed by atoms with van der Waals surface area (Å²) in [7, 11) is 0. The Morgan fingerprint density at radius 1 is 1.25 bits per heavy atom. The predicted molar refractivity (Wildman–Crippen MR) is 64.6 cm³/mol. The Kier molecular flexibility index (Phi) is 4.12. The molecule has 2 N–H and O–H groups in total. The minimum absolute atomic E-state index is 0.144. The molecule has 1 rings (SSSR count). The lowest BCUT2D eigenvalue weighted by Crippen LogP contribution is -2.22. The predicted octanol–water partition coefficient (Wildman–Crippen LogP) is 2.17. The summed E-state index contributed by atoms with van der Waals surface area (Å²) in [5, 5.41) is 0. The fourth-order valence-electron chi connectivity index (χ4n) is 1.15. The van der Waals surface area contributed by atoms with E-state index in [-0.39, 0.29) is 5.60 Å². The number of anilines is 1. The van der Waals surface area contributed by atoms with Gasteiger partial charge in [-0.05, 0) is 39.8 Å². The Labute approximate surface area is 96.8 Å².